The van der Waals surface area contributed by atoms with Crippen LogP contribution in [0.3, 0.4) is 0 Å². The Bertz CT molecular complexity index is 644. The quantitative estimate of drug-likeness (QED) is 0.879. The molecular formula is C13H11BrN2O3. The van der Waals surface area contributed by atoms with Gasteiger partial charge in [0.1, 0.15) is 10.4 Å². The number of carbonyl (C=O) groups is 1. The highest BCUT2D eigenvalue weighted by Gasteiger charge is 2.16. The number of nitrogens with zero attached hydrogens (tertiary/aromatic N) is 2. The van der Waals surface area contributed by atoms with Crippen LogP contribution in [-0.2, 0) is 0 Å². The number of aromatic nitrogens is 2. The Morgan fingerprint density at radius 2 is 2.00 bits per heavy atom. The number of ether oxygens (including phenoxy) is 1. The Hall–Kier alpha value is -1.95. The van der Waals surface area contributed by atoms with Crippen LogP contribution in [0.2, 0.25) is 0 Å². The van der Waals surface area contributed by atoms with Crippen molar-refractivity contribution in [3.05, 3.63) is 40.4 Å². The van der Waals surface area contributed by atoms with Crippen LogP contribution < -0.4 is 4.74 Å². The molecule has 2 rings (SSSR count). The number of pyridine rings is 2. The normalized spacial score (nSPS) is 10.3. The topological polar surface area (TPSA) is 72.3 Å². The van der Waals surface area contributed by atoms with Crippen LogP contribution in [0.4, 0.5) is 0 Å². The van der Waals surface area contributed by atoms with Crippen LogP contribution in [0.25, 0.3) is 11.1 Å². The zero-order valence-corrected chi connectivity index (χ0v) is 11.9. The molecule has 0 bridgehead atoms. The first kappa shape index (κ1) is 13.5. The van der Waals surface area contributed by atoms with Crippen molar-refractivity contribution >= 4 is 21.9 Å². The minimum Gasteiger partial charge on any atom is -0.494 e. The predicted molar refractivity (Wildman–Crippen MR) is 73.4 cm³/mol. The van der Waals surface area contributed by atoms with Crippen molar-refractivity contribution in [3.8, 4) is 16.9 Å². The summed E-state index contributed by atoms with van der Waals surface area (Å²) in [6.45, 7) is 1.80. The summed E-state index contributed by atoms with van der Waals surface area (Å²) < 4.78 is 5.84. The lowest BCUT2D eigenvalue weighted by Gasteiger charge is -2.11. The molecule has 2 aromatic rings. The van der Waals surface area contributed by atoms with E-state index in [9.17, 15) is 9.90 Å². The van der Waals surface area contributed by atoms with Gasteiger partial charge < -0.3 is 9.84 Å². The average Bonchev–Trinajstić information content (AvgIpc) is 2.38. The number of carboxylic acid groups (broad SMARTS) is 1. The van der Waals surface area contributed by atoms with E-state index in [1.165, 1.54) is 13.3 Å². The molecule has 0 saturated carbocycles. The Balaban J connectivity index is 2.73. The van der Waals surface area contributed by atoms with E-state index in [0.717, 1.165) is 5.69 Å². The van der Waals surface area contributed by atoms with Gasteiger partial charge in [-0.1, -0.05) is 0 Å². The van der Waals surface area contributed by atoms with Gasteiger partial charge >= 0.3 is 5.97 Å². The number of halogens is 1. The molecule has 0 aromatic carbocycles. The highest BCUT2D eigenvalue weighted by Crippen LogP contribution is 2.33. The molecule has 0 aliphatic heterocycles. The van der Waals surface area contributed by atoms with Crippen molar-refractivity contribution < 1.29 is 14.6 Å². The van der Waals surface area contributed by atoms with Crippen molar-refractivity contribution in [1.82, 2.24) is 9.97 Å². The number of rotatable bonds is 3. The van der Waals surface area contributed by atoms with Crippen molar-refractivity contribution in [2.75, 3.05) is 7.11 Å². The molecule has 0 spiro atoms. The summed E-state index contributed by atoms with van der Waals surface area (Å²) in [6.07, 6.45) is 2.89. The van der Waals surface area contributed by atoms with Gasteiger partial charge in [-0.2, -0.15) is 0 Å². The number of hydrogen-bond acceptors (Lipinski definition) is 4. The summed E-state index contributed by atoms with van der Waals surface area (Å²) >= 11 is 3.27. The van der Waals surface area contributed by atoms with E-state index in [-0.39, 0.29) is 5.56 Å². The molecule has 0 saturated heterocycles. The lowest BCUT2D eigenvalue weighted by Crippen LogP contribution is -2.02. The van der Waals surface area contributed by atoms with Crippen LogP contribution in [0.5, 0.6) is 5.75 Å². The Morgan fingerprint density at radius 3 is 2.63 bits per heavy atom. The van der Waals surface area contributed by atoms with Crippen LogP contribution in [0.1, 0.15) is 16.1 Å². The second-order valence-electron chi connectivity index (χ2n) is 3.88. The maximum Gasteiger partial charge on any atom is 0.337 e. The third kappa shape index (κ3) is 2.73. The molecule has 0 aliphatic rings. The third-order valence-corrected chi connectivity index (χ3v) is 3.05. The van der Waals surface area contributed by atoms with E-state index in [0.29, 0.717) is 21.5 Å². The van der Waals surface area contributed by atoms with Crippen molar-refractivity contribution in [2.45, 2.75) is 6.92 Å². The molecular weight excluding hydrogens is 312 g/mol. The molecule has 2 heterocycles. The number of methoxy groups -OCH3 is 1. The largest absolute Gasteiger partial charge is 0.494 e. The standard InChI is InChI=1S/C13H11BrN2O3/c1-7-3-8(10(5-15-7)13(17)18)9-4-12(14)16-6-11(9)19-2/h3-6H,1-2H3,(H,17,18). The van der Waals surface area contributed by atoms with Gasteiger partial charge in [0.2, 0.25) is 0 Å². The number of hydrogen-bond donors (Lipinski definition) is 1. The summed E-state index contributed by atoms with van der Waals surface area (Å²) in [5, 5.41) is 9.24. The first-order chi connectivity index (χ1) is 9.02. The summed E-state index contributed by atoms with van der Waals surface area (Å²) in [5.74, 6) is -0.520. The molecule has 2 aromatic heterocycles. The lowest BCUT2D eigenvalue weighted by molar-refractivity contribution is 0.0697. The van der Waals surface area contributed by atoms with Gasteiger partial charge in [0.25, 0.3) is 0 Å². The first-order valence-electron chi connectivity index (χ1n) is 5.42. The van der Waals surface area contributed by atoms with Crippen LogP contribution in [-0.4, -0.2) is 28.2 Å². The molecule has 0 unspecified atom stereocenters. The first-order valence-corrected chi connectivity index (χ1v) is 6.22. The van der Waals surface area contributed by atoms with Crippen LogP contribution in [0.15, 0.2) is 29.1 Å². The van der Waals surface area contributed by atoms with Gasteiger partial charge in [0.05, 0.1) is 18.9 Å². The highest BCUT2D eigenvalue weighted by molar-refractivity contribution is 9.10. The van der Waals surface area contributed by atoms with E-state index in [1.54, 1.807) is 25.3 Å². The van der Waals surface area contributed by atoms with E-state index in [1.807, 2.05) is 0 Å². The smallest absolute Gasteiger partial charge is 0.337 e. The summed E-state index contributed by atoms with van der Waals surface area (Å²) in [6, 6.07) is 3.44. The van der Waals surface area contributed by atoms with Crippen LogP contribution in [0, 0.1) is 6.92 Å². The summed E-state index contributed by atoms with van der Waals surface area (Å²) in [4.78, 5) is 19.4. The van der Waals surface area contributed by atoms with Gasteiger partial charge in [-0.05, 0) is 35.0 Å². The summed E-state index contributed by atoms with van der Waals surface area (Å²) in [5.41, 5.74) is 2.07. The fraction of sp³-hybridized carbons (Fsp3) is 0.154. The van der Waals surface area contributed by atoms with Gasteiger partial charge in [-0.25, -0.2) is 9.78 Å². The Kier molecular flexibility index (Phi) is 3.80. The van der Waals surface area contributed by atoms with Crippen molar-refractivity contribution in [3.63, 3.8) is 0 Å². The minimum absolute atomic E-state index is 0.127. The van der Waals surface area contributed by atoms with E-state index in [4.69, 9.17) is 4.74 Å². The number of carboxylic acids is 1. The fourth-order valence-electron chi connectivity index (χ4n) is 1.74. The van der Waals surface area contributed by atoms with E-state index < -0.39 is 5.97 Å². The molecule has 0 aliphatic carbocycles. The predicted octanol–water partition coefficient (Wildman–Crippen LogP) is 2.92. The molecule has 1 N–H and O–H groups in total. The highest BCUT2D eigenvalue weighted by atomic mass is 79.9. The average molecular weight is 323 g/mol. The molecule has 0 radical (unpaired) electrons. The van der Waals surface area contributed by atoms with Crippen molar-refractivity contribution in [2.24, 2.45) is 0 Å². The zero-order valence-electron chi connectivity index (χ0n) is 10.3. The number of aryl methyl sites for hydroxylation is 1. The maximum absolute atomic E-state index is 11.3. The van der Waals surface area contributed by atoms with Crippen LogP contribution >= 0.6 is 15.9 Å². The van der Waals surface area contributed by atoms with Gasteiger partial charge in [-0.3, -0.25) is 4.98 Å². The molecule has 5 nitrogen and oxygen atoms in total. The second kappa shape index (κ2) is 5.36. The Morgan fingerprint density at radius 1 is 1.26 bits per heavy atom. The molecule has 0 atom stereocenters. The molecule has 98 valence electrons. The van der Waals surface area contributed by atoms with E-state index >= 15 is 0 Å². The lowest BCUT2D eigenvalue weighted by atomic mass is 10.0. The monoisotopic (exact) mass is 322 g/mol. The van der Waals surface area contributed by atoms with Crippen molar-refractivity contribution in [1.29, 1.82) is 0 Å². The third-order valence-electron chi connectivity index (χ3n) is 2.62. The maximum atomic E-state index is 11.3. The SMILES string of the molecule is COc1cnc(Br)cc1-c1cc(C)ncc1C(=O)O. The number of aromatic carboxylic acids is 1. The molecule has 0 fully saturated rings. The summed E-state index contributed by atoms with van der Waals surface area (Å²) in [7, 11) is 1.52. The van der Waals surface area contributed by atoms with Gasteiger partial charge in [-0.15, -0.1) is 0 Å². The molecule has 19 heavy (non-hydrogen) atoms. The molecule has 6 heteroatoms. The second-order valence-corrected chi connectivity index (χ2v) is 4.70. The van der Waals surface area contributed by atoms with Gasteiger partial charge in [0, 0.05) is 23.0 Å². The fourth-order valence-corrected chi connectivity index (χ4v) is 2.07. The Labute approximate surface area is 118 Å². The van der Waals surface area contributed by atoms with E-state index in [2.05, 4.69) is 25.9 Å². The molecule has 0 amide bonds. The van der Waals surface area contributed by atoms with Gasteiger partial charge in [0.15, 0.2) is 0 Å². The minimum atomic E-state index is -1.03. The zero-order chi connectivity index (χ0) is 14.0.